The lowest BCUT2D eigenvalue weighted by Gasteiger charge is -2.14. The van der Waals surface area contributed by atoms with Crippen LogP contribution >= 0.6 is 0 Å². The van der Waals surface area contributed by atoms with Crippen molar-refractivity contribution in [1.82, 2.24) is 15.3 Å². The summed E-state index contributed by atoms with van der Waals surface area (Å²) < 4.78 is 0. The van der Waals surface area contributed by atoms with Gasteiger partial charge in [0.15, 0.2) is 0 Å². The second-order valence-corrected chi connectivity index (χ2v) is 5.12. The van der Waals surface area contributed by atoms with Crippen molar-refractivity contribution in [2.24, 2.45) is 0 Å². The van der Waals surface area contributed by atoms with Crippen molar-refractivity contribution < 1.29 is 4.92 Å². The quantitative estimate of drug-likeness (QED) is 0.466. The van der Waals surface area contributed by atoms with E-state index in [-0.39, 0.29) is 16.7 Å². The predicted octanol–water partition coefficient (Wildman–Crippen LogP) is 2.91. The first-order valence-electron chi connectivity index (χ1n) is 7.04. The number of hydrogen-bond donors (Lipinski definition) is 2. The van der Waals surface area contributed by atoms with Crippen LogP contribution in [0.3, 0.4) is 0 Å². The molecule has 6 nitrogen and oxygen atoms in total. The van der Waals surface area contributed by atoms with Gasteiger partial charge >= 0.3 is 0 Å². The summed E-state index contributed by atoms with van der Waals surface area (Å²) >= 11 is 0. The van der Waals surface area contributed by atoms with Gasteiger partial charge in [-0.1, -0.05) is 12.1 Å². The van der Waals surface area contributed by atoms with Crippen LogP contribution in [-0.2, 0) is 6.42 Å². The van der Waals surface area contributed by atoms with Crippen LogP contribution in [0.5, 0.6) is 0 Å². The molecule has 0 radical (unpaired) electrons. The zero-order chi connectivity index (χ0) is 15.2. The summed E-state index contributed by atoms with van der Waals surface area (Å²) in [6, 6.07) is 5.47. The number of nitrogens with zero attached hydrogens (tertiary/aromatic N) is 2. The summed E-state index contributed by atoms with van der Waals surface area (Å²) in [6.45, 7) is 4.61. The Bertz CT molecular complexity index is 596. The highest BCUT2D eigenvalue weighted by Crippen LogP contribution is 2.23. The number of H-pyrrole nitrogens is 1. The fourth-order valence-corrected chi connectivity index (χ4v) is 2.22. The van der Waals surface area contributed by atoms with Crippen molar-refractivity contribution in [3.8, 4) is 0 Å². The van der Waals surface area contributed by atoms with E-state index in [1.165, 1.54) is 0 Å². The van der Waals surface area contributed by atoms with E-state index in [4.69, 9.17) is 0 Å². The van der Waals surface area contributed by atoms with Crippen LogP contribution in [0.15, 0.2) is 30.6 Å². The van der Waals surface area contributed by atoms with Crippen LogP contribution in [0, 0.1) is 17.0 Å². The number of aromatic amines is 1. The first-order valence-corrected chi connectivity index (χ1v) is 7.04. The standard InChI is InChI=1S/C15H20N4O2/c1-11-5-6-13(10-14(11)19(20)21)12(2)16-7-3-4-15-17-8-9-18-15/h5-6,8-10,12,16H,3-4,7H2,1-2H3,(H,17,18). The number of aryl methyl sites for hydroxylation is 2. The molecule has 0 spiro atoms. The van der Waals surface area contributed by atoms with Crippen LogP contribution in [0.4, 0.5) is 5.69 Å². The van der Waals surface area contributed by atoms with E-state index in [0.717, 1.165) is 30.8 Å². The Labute approximate surface area is 123 Å². The summed E-state index contributed by atoms with van der Waals surface area (Å²) in [4.78, 5) is 17.9. The number of imidazole rings is 1. The number of nitrogens with one attached hydrogen (secondary N) is 2. The van der Waals surface area contributed by atoms with Gasteiger partial charge in [0.05, 0.1) is 4.92 Å². The van der Waals surface area contributed by atoms with E-state index < -0.39 is 0 Å². The molecule has 0 bridgehead atoms. The van der Waals surface area contributed by atoms with E-state index in [0.29, 0.717) is 5.56 Å². The molecule has 1 aromatic carbocycles. The number of benzene rings is 1. The molecule has 0 saturated heterocycles. The Morgan fingerprint density at radius 1 is 1.48 bits per heavy atom. The highest BCUT2D eigenvalue weighted by Gasteiger charge is 2.13. The number of nitro benzene ring substituents is 1. The molecule has 2 aromatic rings. The molecule has 0 saturated carbocycles. The largest absolute Gasteiger partial charge is 0.349 e. The average molecular weight is 288 g/mol. The molecule has 0 amide bonds. The summed E-state index contributed by atoms with van der Waals surface area (Å²) in [6.07, 6.45) is 5.42. The molecule has 0 fully saturated rings. The van der Waals surface area contributed by atoms with E-state index in [1.807, 2.05) is 19.2 Å². The van der Waals surface area contributed by atoms with Crippen LogP contribution in [0.1, 0.15) is 36.3 Å². The summed E-state index contributed by atoms with van der Waals surface area (Å²) in [5, 5.41) is 14.3. The van der Waals surface area contributed by atoms with Crippen LogP contribution in [0.25, 0.3) is 0 Å². The lowest BCUT2D eigenvalue weighted by molar-refractivity contribution is -0.385. The molecule has 1 aromatic heterocycles. The maximum absolute atomic E-state index is 11.0. The monoisotopic (exact) mass is 288 g/mol. The van der Waals surface area contributed by atoms with E-state index in [2.05, 4.69) is 15.3 Å². The molecule has 6 heteroatoms. The molecule has 0 aliphatic carbocycles. The third kappa shape index (κ3) is 4.13. The van der Waals surface area contributed by atoms with Crippen LogP contribution < -0.4 is 5.32 Å². The molecule has 1 atom stereocenters. The van der Waals surface area contributed by atoms with Gasteiger partial charge in [-0.25, -0.2) is 4.98 Å². The Morgan fingerprint density at radius 3 is 2.95 bits per heavy atom. The third-order valence-electron chi connectivity index (χ3n) is 3.53. The molecule has 2 rings (SSSR count). The normalized spacial score (nSPS) is 12.3. The van der Waals surface area contributed by atoms with E-state index in [1.54, 1.807) is 25.3 Å². The molecule has 112 valence electrons. The Hall–Kier alpha value is -2.21. The van der Waals surface area contributed by atoms with Crippen LogP contribution in [-0.4, -0.2) is 21.4 Å². The minimum Gasteiger partial charge on any atom is -0.349 e. The molecule has 21 heavy (non-hydrogen) atoms. The maximum atomic E-state index is 11.0. The van der Waals surface area contributed by atoms with Crippen molar-refractivity contribution >= 4 is 5.69 Å². The summed E-state index contributed by atoms with van der Waals surface area (Å²) in [5.74, 6) is 0.982. The van der Waals surface area contributed by atoms with Crippen molar-refractivity contribution in [1.29, 1.82) is 0 Å². The molecule has 0 aliphatic rings. The van der Waals surface area contributed by atoms with Gasteiger partial charge < -0.3 is 10.3 Å². The third-order valence-corrected chi connectivity index (χ3v) is 3.53. The fraction of sp³-hybridized carbons (Fsp3) is 0.400. The Kier molecular flexibility index (Phi) is 5.05. The van der Waals surface area contributed by atoms with E-state index in [9.17, 15) is 10.1 Å². The van der Waals surface area contributed by atoms with Gasteiger partial charge in [-0.15, -0.1) is 0 Å². The average Bonchev–Trinajstić information content (AvgIpc) is 2.96. The van der Waals surface area contributed by atoms with Gasteiger partial charge in [-0.05, 0) is 32.4 Å². The second-order valence-electron chi connectivity index (χ2n) is 5.12. The zero-order valence-corrected chi connectivity index (χ0v) is 12.3. The Morgan fingerprint density at radius 2 is 2.29 bits per heavy atom. The zero-order valence-electron chi connectivity index (χ0n) is 12.3. The summed E-state index contributed by atoms with van der Waals surface area (Å²) in [7, 11) is 0. The topological polar surface area (TPSA) is 83.8 Å². The number of nitro groups is 1. The predicted molar refractivity (Wildman–Crippen MR) is 81.2 cm³/mol. The lowest BCUT2D eigenvalue weighted by Crippen LogP contribution is -2.20. The van der Waals surface area contributed by atoms with Crippen LogP contribution in [0.2, 0.25) is 0 Å². The SMILES string of the molecule is Cc1ccc(C(C)NCCCc2ncc[nH]2)cc1[N+](=O)[O-]. The van der Waals surface area contributed by atoms with E-state index >= 15 is 0 Å². The maximum Gasteiger partial charge on any atom is 0.272 e. The molecule has 0 aliphatic heterocycles. The van der Waals surface area contributed by atoms with Gasteiger partial charge in [0.2, 0.25) is 0 Å². The fourth-order valence-electron chi connectivity index (χ4n) is 2.22. The smallest absolute Gasteiger partial charge is 0.272 e. The molecular formula is C15H20N4O2. The number of rotatable bonds is 7. The first-order chi connectivity index (χ1) is 10.1. The minimum atomic E-state index is -0.331. The van der Waals surface area contributed by atoms with Gasteiger partial charge in [0.25, 0.3) is 5.69 Å². The Balaban J connectivity index is 1.86. The summed E-state index contributed by atoms with van der Waals surface area (Å²) in [5.41, 5.74) is 1.80. The molecule has 2 N–H and O–H groups in total. The first kappa shape index (κ1) is 15.2. The van der Waals surface area contributed by atoms with Crippen molar-refractivity contribution in [3.63, 3.8) is 0 Å². The molecular weight excluding hydrogens is 268 g/mol. The second kappa shape index (κ2) is 6.99. The number of aromatic nitrogens is 2. The lowest BCUT2D eigenvalue weighted by atomic mass is 10.0. The van der Waals surface area contributed by atoms with Crippen molar-refractivity contribution in [3.05, 3.63) is 57.7 Å². The highest BCUT2D eigenvalue weighted by molar-refractivity contribution is 5.43. The van der Waals surface area contributed by atoms with Gasteiger partial charge in [0, 0.05) is 36.5 Å². The van der Waals surface area contributed by atoms with Crippen molar-refractivity contribution in [2.45, 2.75) is 32.7 Å². The van der Waals surface area contributed by atoms with Gasteiger partial charge in [-0.2, -0.15) is 0 Å². The number of hydrogen-bond acceptors (Lipinski definition) is 4. The van der Waals surface area contributed by atoms with Gasteiger partial charge in [0.1, 0.15) is 5.82 Å². The highest BCUT2D eigenvalue weighted by atomic mass is 16.6. The van der Waals surface area contributed by atoms with Gasteiger partial charge in [-0.3, -0.25) is 10.1 Å². The molecule has 1 unspecified atom stereocenters. The van der Waals surface area contributed by atoms with Crippen molar-refractivity contribution in [2.75, 3.05) is 6.54 Å². The molecule has 1 heterocycles. The minimum absolute atomic E-state index is 0.0842.